The highest BCUT2D eigenvalue weighted by Gasteiger charge is 2.03. The fourth-order valence-electron chi connectivity index (χ4n) is 0.847. The number of hydrogen-bond acceptors (Lipinski definition) is 2. The minimum Gasteiger partial charge on any atom is -0.467 e. The summed E-state index contributed by atoms with van der Waals surface area (Å²) in [7, 11) is 0. The third-order valence-corrected chi connectivity index (χ3v) is 1.36. The molecule has 3 nitrogen and oxygen atoms in total. The molecule has 0 saturated carbocycles. The third kappa shape index (κ3) is 1.03. The lowest BCUT2D eigenvalue weighted by molar-refractivity contribution is -0.105. The van der Waals surface area contributed by atoms with Crippen molar-refractivity contribution >= 4 is 12.1 Å². The highest BCUT2D eigenvalue weighted by atomic mass is 16.3. The van der Waals surface area contributed by atoms with Crippen LogP contribution in [0, 0.1) is 13.8 Å². The van der Waals surface area contributed by atoms with Gasteiger partial charge in [0.05, 0.1) is 12.0 Å². The van der Waals surface area contributed by atoms with E-state index >= 15 is 0 Å². The van der Waals surface area contributed by atoms with E-state index in [0.29, 0.717) is 6.41 Å². The first kappa shape index (κ1) is 6.86. The topological polar surface area (TPSA) is 42.2 Å². The molecule has 0 saturated heterocycles. The second-order valence-corrected chi connectivity index (χ2v) is 2.11. The number of aryl methyl sites for hydroxylation is 2. The van der Waals surface area contributed by atoms with Crippen LogP contribution >= 0.6 is 0 Å². The van der Waals surface area contributed by atoms with Gasteiger partial charge in [0.2, 0.25) is 6.41 Å². The number of amides is 1. The lowest BCUT2D eigenvalue weighted by atomic mass is 10.3. The smallest absolute Gasteiger partial charge is 0.211 e. The molecule has 0 fully saturated rings. The molecule has 10 heavy (non-hydrogen) atoms. The Hall–Kier alpha value is -1.25. The summed E-state index contributed by atoms with van der Waals surface area (Å²) in [5, 5.41) is 2.55. The van der Waals surface area contributed by atoms with E-state index in [1.165, 1.54) is 0 Å². The van der Waals surface area contributed by atoms with E-state index in [2.05, 4.69) is 5.32 Å². The molecule has 3 heteroatoms. The molecule has 1 aromatic heterocycles. The Bertz CT molecular complexity index is 220. The van der Waals surface area contributed by atoms with Gasteiger partial charge in [-0.1, -0.05) is 0 Å². The van der Waals surface area contributed by atoms with E-state index in [1.54, 1.807) is 13.2 Å². The number of carbonyl (C=O) groups excluding carboxylic acids is 1. The number of furan rings is 1. The van der Waals surface area contributed by atoms with E-state index in [4.69, 9.17) is 4.42 Å². The van der Waals surface area contributed by atoms with Crippen molar-refractivity contribution in [2.75, 3.05) is 5.32 Å². The van der Waals surface area contributed by atoms with Crippen molar-refractivity contribution in [2.24, 2.45) is 0 Å². The summed E-state index contributed by atoms with van der Waals surface area (Å²) >= 11 is 0. The molecule has 0 bridgehead atoms. The van der Waals surface area contributed by atoms with Crippen LogP contribution in [0.3, 0.4) is 0 Å². The van der Waals surface area contributed by atoms with E-state index < -0.39 is 0 Å². The minimum atomic E-state index is 0.644. The Kier molecular flexibility index (Phi) is 1.76. The highest BCUT2D eigenvalue weighted by Crippen LogP contribution is 2.20. The van der Waals surface area contributed by atoms with Crippen molar-refractivity contribution in [1.29, 1.82) is 0 Å². The van der Waals surface area contributed by atoms with E-state index in [0.717, 1.165) is 17.0 Å². The average molecular weight is 139 g/mol. The Morgan fingerprint density at radius 3 is 2.70 bits per heavy atom. The van der Waals surface area contributed by atoms with Gasteiger partial charge < -0.3 is 9.73 Å². The molecule has 0 spiro atoms. The number of anilines is 1. The minimum absolute atomic E-state index is 0.644. The van der Waals surface area contributed by atoms with E-state index in [9.17, 15) is 4.79 Å². The monoisotopic (exact) mass is 139 g/mol. The summed E-state index contributed by atoms with van der Waals surface area (Å²) in [5.74, 6) is 0.740. The van der Waals surface area contributed by atoms with E-state index in [-0.39, 0.29) is 0 Å². The molecule has 1 rings (SSSR count). The molecule has 1 amide bonds. The maximum absolute atomic E-state index is 10.0. The fraction of sp³-hybridized carbons (Fsp3) is 0.286. The van der Waals surface area contributed by atoms with Gasteiger partial charge in [0.1, 0.15) is 5.76 Å². The number of nitrogens with one attached hydrogen (secondary N) is 1. The molecule has 1 heterocycles. The third-order valence-electron chi connectivity index (χ3n) is 1.36. The quantitative estimate of drug-likeness (QED) is 0.630. The number of carbonyl (C=O) groups is 1. The standard InChI is InChI=1S/C7H9NO2/c1-5-3-10-6(2)7(5)8-4-9/h3-4H,1-2H3,(H,8,9). The predicted octanol–water partition coefficient (Wildman–Crippen LogP) is 1.46. The Balaban J connectivity index is 2.97. The molecule has 0 aromatic carbocycles. The van der Waals surface area contributed by atoms with Crippen LogP contribution in [0.25, 0.3) is 0 Å². The van der Waals surface area contributed by atoms with Crippen LogP contribution in [0.2, 0.25) is 0 Å². The van der Waals surface area contributed by atoms with Gasteiger partial charge in [-0.3, -0.25) is 4.79 Å². The maximum Gasteiger partial charge on any atom is 0.211 e. The molecular weight excluding hydrogens is 130 g/mol. The van der Waals surface area contributed by atoms with Crippen LogP contribution < -0.4 is 5.32 Å². The van der Waals surface area contributed by atoms with Crippen molar-refractivity contribution in [3.8, 4) is 0 Å². The second kappa shape index (κ2) is 2.56. The summed E-state index contributed by atoms with van der Waals surface area (Å²) in [6.07, 6.45) is 2.26. The zero-order valence-corrected chi connectivity index (χ0v) is 5.97. The van der Waals surface area contributed by atoms with Gasteiger partial charge in [-0.15, -0.1) is 0 Å². The zero-order valence-electron chi connectivity index (χ0n) is 5.97. The average Bonchev–Trinajstić information content (AvgIpc) is 2.20. The molecule has 1 aromatic rings. The molecule has 0 unspecified atom stereocenters. The maximum atomic E-state index is 10.0. The second-order valence-electron chi connectivity index (χ2n) is 2.11. The lowest BCUT2D eigenvalue weighted by Crippen LogP contribution is -1.94. The zero-order chi connectivity index (χ0) is 7.56. The normalized spacial score (nSPS) is 9.40. The van der Waals surface area contributed by atoms with Crippen molar-refractivity contribution < 1.29 is 9.21 Å². The van der Waals surface area contributed by atoms with Crippen molar-refractivity contribution in [3.05, 3.63) is 17.6 Å². The van der Waals surface area contributed by atoms with Gasteiger partial charge in [-0.2, -0.15) is 0 Å². The van der Waals surface area contributed by atoms with E-state index in [1.807, 2.05) is 6.92 Å². The Labute approximate surface area is 59.0 Å². The molecule has 0 aliphatic rings. The van der Waals surface area contributed by atoms with Crippen LogP contribution in [0.15, 0.2) is 10.7 Å². The molecule has 0 aliphatic carbocycles. The van der Waals surface area contributed by atoms with Crippen molar-refractivity contribution in [2.45, 2.75) is 13.8 Å². The molecular formula is C7H9NO2. The first-order chi connectivity index (χ1) is 4.75. The number of hydrogen-bond donors (Lipinski definition) is 1. The summed E-state index contributed by atoms with van der Waals surface area (Å²) in [6.45, 7) is 3.68. The van der Waals surface area contributed by atoms with Crippen LogP contribution in [-0.2, 0) is 4.79 Å². The van der Waals surface area contributed by atoms with Crippen LogP contribution in [0.1, 0.15) is 11.3 Å². The van der Waals surface area contributed by atoms with Crippen LogP contribution in [0.5, 0.6) is 0 Å². The lowest BCUT2D eigenvalue weighted by Gasteiger charge is -1.94. The Morgan fingerprint density at radius 1 is 1.60 bits per heavy atom. The largest absolute Gasteiger partial charge is 0.467 e. The molecule has 0 atom stereocenters. The summed E-state index contributed by atoms with van der Waals surface area (Å²) < 4.78 is 5.03. The van der Waals surface area contributed by atoms with Gasteiger partial charge >= 0.3 is 0 Å². The highest BCUT2D eigenvalue weighted by molar-refractivity contribution is 5.74. The van der Waals surface area contributed by atoms with Gasteiger partial charge in [0, 0.05) is 5.56 Å². The van der Waals surface area contributed by atoms with Crippen molar-refractivity contribution in [1.82, 2.24) is 0 Å². The van der Waals surface area contributed by atoms with Gasteiger partial charge in [-0.25, -0.2) is 0 Å². The summed E-state index contributed by atoms with van der Waals surface area (Å²) in [5.41, 5.74) is 1.72. The van der Waals surface area contributed by atoms with Gasteiger partial charge in [0.15, 0.2) is 0 Å². The fourth-order valence-corrected chi connectivity index (χ4v) is 0.847. The predicted molar refractivity (Wildman–Crippen MR) is 37.9 cm³/mol. The van der Waals surface area contributed by atoms with Crippen LogP contribution in [0.4, 0.5) is 5.69 Å². The first-order valence-corrected chi connectivity index (χ1v) is 3.00. The summed E-state index contributed by atoms with van der Waals surface area (Å²) in [4.78, 5) is 10.0. The molecule has 0 radical (unpaired) electrons. The Morgan fingerprint density at radius 2 is 2.30 bits per heavy atom. The SMILES string of the molecule is Cc1coc(C)c1NC=O. The molecule has 1 N–H and O–H groups in total. The molecule has 54 valence electrons. The molecule has 0 aliphatic heterocycles. The van der Waals surface area contributed by atoms with Crippen LogP contribution in [-0.4, -0.2) is 6.41 Å². The van der Waals surface area contributed by atoms with Gasteiger partial charge in [0.25, 0.3) is 0 Å². The number of rotatable bonds is 2. The van der Waals surface area contributed by atoms with Crippen molar-refractivity contribution in [3.63, 3.8) is 0 Å². The van der Waals surface area contributed by atoms with Gasteiger partial charge in [-0.05, 0) is 13.8 Å². The first-order valence-electron chi connectivity index (χ1n) is 3.00. The summed E-state index contributed by atoms with van der Waals surface area (Å²) in [6, 6.07) is 0.